The number of nitro benzene ring substituents is 1. The maximum atomic E-state index is 13.1. The van der Waals surface area contributed by atoms with Gasteiger partial charge in [0.05, 0.1) is 20.5 Å². The van der Waals surface area contributed by atoms with Crippen LogP contribution in [0, 0.1) is 10.1 Å². The lowest BCUT2D eigenvalue weighted by Gasteiger charge is -2.35. The molecule has 1 heterocycles. The summed E-state index contributed by atoms with van der Waals surface area (Å²) in [5.74, 6) is 0. The number of hydrogen-bond acceptors (Lipinski definition) is 5. The normalized spacial score (nSPS) is 17.8. The van der Waals surface area contributed by atoms with E-state index in [-0.39, 0.29) is 5.69 Å². The molecule has 0 N–H and O–H groups in total. The summed E-state index contributed by atoms with van der Waals surface area (Å²) >= 11 is 6.22. The van der Waals surface area contributed by atoms with Gasteiger partial charge < -0.3 is 4.90 Å². The third-order valence-corrected chi connectivity index (χ3v) is 7.88. The molecule has 0 spiro atoms. The highest BCUT2D eigenvalue weighted by Crippen LogP contribution is 2.31. The number of halogens is 1. The Labute approximate surface area is 175 Å². The van der Waals surface area contributed by atoms with Gasteiger partial charge in [-0.1, -0.05) is 17.7 Å². The van der Waals surface area contributed by atoms with Crippen molar-refractivity contribution in [3.63, 3.8) is 0 Å². The smallest absolute Gasteiger partial charge is 0.271 e. The third kappa shape index (κ3) is 3.97. The second kappa shape index (κ2) is 7.93. The SMILES string of the molecule is O=[N+]([O-])c1ccc(N2CCN(S(=O)(=O)c3ccc4c(c3)CCCC4)CC2)c(Cl)c1. The molecule has 1 aliphatic heterocycles. The molecule has 2 aromatic rings. The van der Waals surface area contributed by atoms with Crippen LogP contribution in [0.2, 0.25) is 5.02 Å². The number of fused-ring (bicyclic) bond motifs is 1. The Morgan fingerprint density at radius 2 is 1.62 bits per heavy atom. The van der Waals surface area contributed by atoms with Crippen molar-refractivity contribution in [3.05, 3.63) is 62.7 Å². The number of piperazine rings is 1. The summed E-state index contributed by atoms with van der Waals surface area (Å²) < 4.78 is 27.7. The standard InChI is InChI=1S/C20H22ClN3O4S/c21-19-14-17(24(25)26)6-8-20(19)22-9-11-23(12-10-22)29(27,28)18-7-5-15-3-1-2-4-16(15)13-18/h5-8,13-14H,1-4,9-12H2. The molecule has 2 aromatic carbocycles. The van der Waals surface area contributed by atoms with Crippen LogP contribution < -0.4 is 4.90 Å². The molecule has 9 heteroatoms. The summed E-state index contributed by atoms with van der Waals surface area (Å²) in [6.07, 6.45) is 4.22. The fourth-order valence-electron chi connectivity index (χ4n) is 4.05. The lowest BCUT2D eigenvalue weighted by atomic mass is 9.92. The van der Waals surface area contributed by atoms with Crippen LogP contribution in [0.3, 0.4) is 0 Å². The summed E-state index contributed by atoms with van der Waals surface area (Å²) in [5.41, 5.74) is 3.02. The summed E-state index contributed by atoms with van der Waals surface area (Å²) in [4.78, 5) is 12.7. The highest BCUT2D eigenvalue weighted by Gasteiger charge is 2.30. The topological polar surface area (TPSA) is 83.8 Å². The van der Waals surface area contributed by atoms with Gasteiger partial charge in [-0.05, 0) is 55.0 Å². The van der Waals surface area contributed by atoms with Crippen molar-refractivity contribution in [2.75, 3.05) is 31.1 Å². The zero-order valence-electron chi connectivity index (χ0n) is 15.9. The van der Waals surface area contributed by atoms with E-state index in [9.17, 15) is 18.5 Å². The quantitative estimate of drug-likeness (QED) is 0.540. The summed E-state index contributed by atoms with van der Waals surface area (Å²) in [5, 5.41) is 11.2. The van der Waals surface area contributed by atoms with Gasteiger partial charge in [0, 0.05) is 38.3 Å². The van der Waals surface area contributed by atoms with Crippen molar-refractivity contribution < 1.29 is 13.3 Å². The zero-order chi connectivity index (χ0) is 20.6. The first-order valence-corrected chi connectivity index (χ1v) is 11.5. The lowest BCUT2D eigenvalue weighted by Crippen LogP contribution is -2.48. The molecule has 154 valence electrons. The Morgan fingerprint density at radius 1 is 0.931 bits per heavy atom. The fraction of sp³-hybridized carbons (Fsp3) is 0.400. The predicted octanol–water partition coefficient (Wildman–Crippen LogP) is 3.64. The zero-order valence-corrected chi connectivity index (χ0v) is 17.5. The van der Waals surface area contributed by atoms with Gasteiger partial charge in [0.2, 0.25) is 10.0 Å². The Hall–Kier alpha value is -2.16. The monoisotopic (exact) mass is 435 g/mol. The molecule has 0 amide bonds. The van der Waals surface area contributed by atoms with Crippen LogP contribution in [0.4, 0.5) is 11.4 Å². The van der Waals surface area contributed by atoms with Crippen molar-refractivity contribution in [1.29, 1.82) is 0 Å². The maximum Gasteiger partial charge on any atom is 0.271 e. The van der Waals surface area contributed by atoms with Gasteiger partial charge >= 0.3 is 0 Å². The molecule has 1 aliphatic carbocycles. The van der Waals surface area contributed by atoms with Crippen LogP contribution in [-0.2, 0) is 22.9 Å². The molecular formula is C20H22ClN3O4S. The van der Waals surface area contributed by atoms with Crippen LogP contribution in [0.1, 0.15) is 24.0 Å². The Kier molecular flexibility index (Phi) is 5.50. The van der Waals surface area contributed by atoms with Gasteiger partial charge in [-0.25, -0.2) is 8.42 Å². The molecule has 1 saturated heterocycles. The first-order chi connectivity index (χ1) is 13.9. The third-order valence-electron chi connectivity index (χ3n) is 5.68. The largest absolute Gasteiger partial charge is 0.368 e. The Bertz CT molecular complexity index is 1050. The Morgan fingerprint density at radius 3 is 2.28 bits per heavy atom. The van der Waals surface area contributed by atoms with E-state index in [2.05, 4.69) is 0 Å². The van der Waals surface area contributed by atoms with E-state index in [1.807, 2.05) is 17.0 Å². The molecule has 4 rings (SSSR count). The minimum absolute atomic E-state index is 0.0626. The van der Waals surface area contributed by atoms with Crippen molar-refractivity contribution in [3.8, 4) is 0 Å². The molecule has 0 aromatic heterocycles. The molecule has 0 radical (unpaired) electrons. The van der Waals surface area contributed by atoms with E-state index in [1.165, 1.54) is 22.0 Å². The summed E-state index contributed by atoms with van der Waals surface area (Å²) in [6.45, 7) is 1.63. The average molecular weight is 436 g/mol. The van der Waals surface area contributed by atoms with Gasteiger partial charge in [-0.3, -0.25) is 10.1 Å². The second-order valence-electron chi connectivity index (χ2n) is 7.42. The molecule has 0 unspecified atom stereocenters. The molecule has 0 saturated carbocycles. The van der Waals surface area contributed by atoms with Crippen molar-refractivity contribution in [1.82, 2.24) is 4.31 Å². The van der Waals surface area contributed by atoms with Gasteiger partial charge in [-0.2, -0.15) is 4.31 Å². The van der Waals surface area contributed by atoms with Crippen LogP contribution in [0.25, 0.3) is 0 Å². The first-order valence-electron chi connectivity index (χ1n) is 9.67. The van der Waals surface area contributed by atoms with E-state index < -0.39 is 14.9 Å². The van der Waals surface area contributed by atoms with E-state index in [0.29, 0.717) is 41.8 Å². The van der Waals surface area contributed by atoms with Crippen LogP contribution in [0.5, 0.6) is 0 Å². The van der Waals surface area contributed by atoms with Crippen LogP contribution in [0.15, 0.2) is 41.3 Å². The molecule has 1 fully saturated rings. The first kappa shape index (κ1) is 20.1. The number of aryl methyl sites for hydroxylation is 2. The Balaban J connectivity index is 1.48. The fourth-order valence-corrected chi connectivity index (χ4v) is 5.82. The highest BCUT2D eigenvalue weighted by atomic mass is 35.5. The van der Waals surface area contributed by atoms with Crippen molar-refractivity contribution in [2.45, 2.75) is 30.6 Å². The number of benzene rings is 2. The number of nitrogens with zero attached hydrogens (tertiary/aromatic N) is 3. The molecular weight excluding hydrogens is 414 g/mol. The average Bonchev–Trinajstić information content (AvgIpc) is 2.73. The van der Waals surface area contributed by atoms with E-state index in [1.54, 1.807) is 12.1 Å². The van der Waals surface area contributed by atoms with E-state index >= 15 is 0 Å². The second-order valence-corrected chi connectivity index (χ2v) is 9.77. The van der Waals surface area contributed by atoms with Crippen LogP contribution in [-0.4, -0.2) is 43.8 Å². The van der Waals surface area contributed by atoms with Gasteiger partial charge in [0.15, 0.2) is 0 Å². The predicted molar refractivity (Wildman–Crippen MR) is 112 cm³/mol. The number of nitro groups is 1. The van der Waals surface area contributed by atoms with E-state index in [4.69, 9.17) is 11.6 Å². The number of non-ortho nitro benzene ring substituents is 1. The van der Waals surface area contributed by atoms with Crippen LogP contribution >= 0.6 is 11.6 Å². The minimum atomic E-state index is -3.54. The summed E-state index contributed by atoms with van der Waals surface area (Å²) in [6, 6.07) is 9.87. The number of hydrogen-bond donors (Lipinski definition) is 0. The van der Waals surface area contributed by atoms with Gasteiger partial charge in [0.1, 0.15) is 0 Å². The molecule has 29 heavy (non-hydrogen) atoms. The van der Waals surface area contributed by atoms with Crippen molar-refractivity contribution in [2.24, 2.45) is 0 Å². The molecule has 0 bridgehead atoms. The highest BCUT2D eigenvalue weighted by molar-refractivity contribution is 7.89. The number of rotatable bonds is 4. The minimum Gasteiger partial charge on any atom is -0.368 e. The number of anilines is 1. The van der Waals surface area contributed by atoms with Gasteiger partial charge in [-0.15, -0.1) is 0 Å². The van der Waals surface area contributed by atoms with Gasteiger partial charge in [0.25, 0.3) is 5.69 Å². The van der Waals surface area contributed by atoms with Crippen molar-refractivity contribution >= 4 is 33.0 Å². The van der Waals surface area contributed by atoms with E-state index in [0.717, 1.165) is 31.2 Å². The maximum absolute atomic E-state index is 13.1. The lowest BCUT2D eigenvalue weighted by molar-refractivity contribution is -0.384. The molecule has 7 nitrogen and oxygen atoms in total. The molecule has 2 aliphatic rings. The summed E-state index contributed by atoms with van der Waals surface area (Å²) in [7, 11) is -3.54. The molecule has 0 atom stereocenters. The number of sulfonamides is 1.